The van der Waals surface area contributed by atoms with Gasteiger partial charge >= 0.3 is 0 Å². The van der Waals surface area contributed by atoms with Gasteiger partial charge in [-0.2, -0.15) is 0 Å². The molecule has 3 nitrogen and oxygen atoms in total. The van der Waals surface area contributed by atoms with Crippen molar-refractivity contribution >= 4 is 11.4 Å². The Morgan fingerprint density at radius 3 is 2.29 bits per heavy atom. The summed E-state index contributed by atoms with van der Waals surface area (Å²) in [5.74, 6) is 1.75. The van der Waals surface area contributed by atoms with Crippen LogP contribution in [0, 0.1) is 6.92 Å². The van der Waals surface area contributed by atoms with Crippen molar-refractivity contribution in [3.05, 3.63) is 65.2 Å². The number of hydrogen-bond donors (Lipinski definition) is 0. The molecule has 2 aromatic rings. The molecular formula is C21H22O3. The van der Waals surface area contributed by atoms with E-state index in [1.165, 1.54) is 5.56 Å². The molecule has 0 heterocycles. The van der Waals surface area contributed by atoms with E-state index in [-0.39, 0.29) is 11.7 Å². The maximum absolute atomic E-state index is 12.2. The zero-order valence-electron chi connectivity index (χ0n) is 14.3. The smallest absolute Gasteiger partial charge is 0.160 e. The second-order valence-corrected chi connectivity index (χ2v) is 6.22. The average molecular weight is 322 g/mol. The molecule has 0 amide bonds. The predicted octanol–water partition coefficient (Wildman–Crippen LogP) is 4.54. The summed E-state index contributed by atoms with van der Waals surface area (Å²) in [6.45, 7) is 2.07. The number of aryl methyl sites for hydroxylation is 1. The fourth-order valence-electron chi connectivity index (χ4n) is 3.20. The lowest BCUT2D eigenvalue weighted by Crippen LogP contribution is -2.12. The third kappa shape index (κ3) is 3.35. The third-order valence-electron chi connectivity index (χ3n) is 4.55. The maximum atomic E-state index is 12.2. The van der Waals surface area contributed by atoms with Gasteiger partial charge in [-0.25, -0.2) is 0 Å². The Kier molecular flexibility index (Phi) is 4.70. The van der Waals surface area contributed by atoms with Crippen LogP contribution in [0.4, 0.5) is 0 Å². The normalized spacial score (nSPS) is 17.4. The number of hydrogen-bond acceptors (Lipinski definition) is 3. The topological polar surface area (TPSA) is 35.5 Å². The molecule has 0 fully saturated rings. The molecular weight excluding hydrogens is 300 g/mol. The summed E-state index contributed by atoms with van der Waals surface area (Å²) >= 11 is 0. The van der Waals surface area contributed by atoms with Crippen LogP contribution in [-0.2, 0) is 4.79 Å². The van der Waals surface area contributed by atoms with E-state index in [0.29, 0.717) is 17.9 Å². The van der Waals surface area contributed by atoms with Crippen LogP contribution in [0.25, 0.3) is 5.57 Å². The van der Waals surface area contributed by atoms with E-state index in [4.69, 9.17) is 9.47 Å². The van der Waals surface area contributed by atoms with Gasteiger partial charge in [-0.15, -0.1) is 0 Å². The van der Waals surface area contributed by atoms with E-state index in [1.54, 1.807) is 20.3 Å². The first-order valence-electron chi connectivity index (χ1n) is 8.13. The van der Waals surface area contributed by atoms with E-state index in [2.05, 4.69) is 31.2 Å². The van der Waals surface area contributed by atoms with Crippen LogP contribution in [0.3, 0.4) is 0 Å². The number of benzene rings is 2. The molecule has 0 aliphatic heterocycles. The molecule has 1 aliphatic carbocycles. The van der Waals surface area contributed by atoms with E-state index in [1.807, 2.05) is 18.2 Å². The van der Waals surface area contributed by atoms with Gasteiger partial charge in [0.25, 0.3) is 0 Å². The molecule has 1 atom stereocenters. The van der Waals surface area contributed by atoms with Crippen molar-refractivity contribution in [2.45, 2.75) is 25.7 Å². The summed E-state index contributed by atoms with van der Waals surface area (Å²) < 4.78 is 10.7. The van der Waals surface area contributed by atoms with E-state index >= 15 is 0 Å². The molecule has 1 aliphatic rings. The minimum Gasteiger partial charge on any atom is -0.493 e. The van der Waals surface area contributed by atoms with E-state index in [9.17, 15) is 4.79 Å². The van der Waals surface area contributed by atoms with Crippen molar-refractivity contribution < 1.29 is 14.3 Å². The second-order valence-electron chi connectivity index (χ2n) is 6.22. The monoisotopic (exact) mass is 322 g/mol. The van der Waals surface area contributed by atoms with Gasteiger partial charge in [0.1, 0.15) is 0 Å². The van der Waals surface area contributed by atoms with Gasteiger partial charge in [0.15, 0.2) is 17.3 Å². The van der Waals surface area contributed by atoms with Crippen molar-refractivity contribution in [1.29, 1.82) is 0 Å². The van der Waals surface area contributed by atoms with Crippen molar-refractivity contribution in [3.8, 4) is 11.5 Å². The van der Waals surface area contributed by atoms with Crippen LogP contribution in [0.2, 0.25) is 0 Å². The molecule has 0 aromatic heterocycles. The summed E-state index contributed by atoms with van der Waals surface area (Å²) in [7, 11) is 3.26. The number of ether oxygens (including phenoxy) is 2. The molecule has 0 unspecified atom stereocenters. The molecule has 24 heavy (non-hydrogen) atoms. The SMILES string of the molecule is COc1ccc([C@H]2CC(=O)C=C(c3ccc(C)cc3)C2)cc1OC. The summed E-state index contributed by atoms with van der Waals surface area (Å²) in [6.07, 6.45) is 3.18. The molecule has 3 heteroatoms. The first-order valence-corrected chi connectivity index (χ1v) is 8.13. The minimum atomic E-state index is 0.165. The summed E-state index contributed by atoms with van der Waals surface area (Å²) in [5, 5.41) is 0. The van der Waals surface area contributed by atoms with E-state index in [0.717, 1.165) is 23.1 Å². The molecule has 3 rings (SSSR count). The molecule has 0 saturated carbocycles. The molecule has 0 spiro atoms. The highest BCUT2D eigenvalue weighted by Gasteiger charge is 2.24. The summed E-state index contributed by atoms with van der Waals surface area (Å²) in [5.41, 5.74) is 4.56. The lowest BCUT2D eigenvalue weighted by molar-refractivity contribution is -0.115. The van der Waals surface area contributed by atoms with Gasteiger partial charge in [0.05, 0.1) is 14.2 Å². The Hall–Kier alpha value is -2.55. The highest BCUT2D eigenvalue weighted by atomic mass is 16.5. The third-order valence-corrected chi connectivity index (χ3v) is 4.55. The molecule has 0 bridgehead atoms. The van der Waals surface area contributed by atoms with Gasteiger partial charge in [0, 0.05) is 6.42 Å². The van der Waals surface area contributed by atoms with Crippen LogP contribution in [0.5, 0.6) is 11.5 Å². The van der Waals surface area contributed by atoms with Crippen LogP contribution in [0.15, 0.2) is 48.5 Å². The van der Waals surface area contributed by atoms with Crippen molar-refractivity contribution in [2.24, 2.45) is 0 Å². The predicted molar refractivity (Wildman–Crippen MR) is 95.7 cm³/mol. The van der Waals surface area contributed by atoms with Crippen LogP contribution < -0.4 is 9.47 Å². The lowest BCUT2D eigenvalue weighted by atomic mass is 9.81. The van der Waals surface area contributed by atoms with Gasteiger partial charge in [-0.05, 0) is 54.2 Å². The molecule has 124 valence electrons. The minimum absolute atomic E-state index is 0.165. The highest BCUT2D eigenvalue weighted by molar-refractivity contribution is 5.99. The first-order chi connectivity index (χ1) is 11.6. The maximum Gasteiger partial charge on any atom is 0.160 e. The zero-order valence-corrected chi connectivity index (χ0v) is 14.3. The van der Waals surface area contributed by atoms with Crippen molar-refractivity contribution in [3.63, 3.8) is 0 Å². The Bertz CT molecular complexity index is 772. The standard InChI is InChI=1S/C21H22O3/c1-14-4-6-15(7-5-14)17-10-18(12-19(22)11-17)16-8-9-20(23-2)21(13-16)24-3/h4-9,11,13,18H,10,12H2,1-3H3/t18-/m1/s1. The molecule has 0 saturated heterocycles. The number of rotatable bonds is 4. The van der Waals surface area contributed by atoms with Gasteiger partial charge < -0.3 is 9.47 Å². The molecule has 0 N–H and O–H groups in total. The second kappa shape index (κ2) is 6.91. The number of ketones is 1. The largest absolute Gasteiger partial charge is 0.493 e. The average Bonchev–Trinajstić information content (AvgIpc) is 2.61. The quantitative estimate of drug-likeness (QED) is 0.829. The molecule has 2 aromatic carbocycles. The van der Waals surface area contributed by atoms with Crippen LogP contribution in [-0.4, -0.2) is 20.0 Å². The van der Waals surface area contributed by atoms with Crippen molar-refractivity contribution in [1.82, 2.24) is 0 Å². The van der Waals surface area contributed by atoms with E-state index < -0.39 is 0 Å². The number of carbonyl (C=O) groups is 1. The van der Waals surface area contributed by atoms with Gasteiger partial charge in [0.2, 0.25) is 0 Å². The fourth-order valence-corrected chi connectivity index (χ4v) is 3.20. The fraction of sp³-hybridized carbons (Fsp3) is 0.286. The van der Waals surface area contributed by atoms with Crippen molar-refractivity contribution in [2.75, 3.05) is 14.2 Å². The number of carbonyl (C=O) groups excluding carboxylic acids is 1. The van der Waals surface area contributed by atoms with Crippen LogP contribution >= 0.6 is 0 Å². The first kappa shape index (κ1) is 16.3. The Balaban J connectivity index is 1.89. The summed E-state index contributed by atoms with van der Waals surface area (Å²) in [6, 6.07) is 14.3. The Morgan fingerprint density at radius 1 is 0.917 bits per heavy atom. The number of methoxy groups -OCH3 is 2. The van der Waals surface area contributed by atoms with Gasteiger partial charge in [-0.1, -0.05) is 35.9 Å². The number of allylic oxidation sites excluding steroid dienone is 2. The zero-order chi connectivity index (χ0) is 17.1. The lowest BCUT2D eigenvalue weighted by Gasteiger charge is -2.23. The Morgan fingerprint density at radius 2 is 1.62 bits per heavy atom. The van der Waals surface area contributed by atoms with Crippen LogP contribution in [0.1, 0.15) is 35.4 Å². The molecule has 0 radical (unpaired) electrons. The summed E-state index contributed by atoms with van der Waals surface area (Å²) in [4.78, 5) is 12.2. The highest BCUT2D eigenvalue weighted by Crippen LogP contribution is 2.39. The Labute approximate surface area is 142 Å². The van der Waals surface area contributed by atoms with Gasteiger partial charge in [-0.3, -0.25) is 4.79 Å².